The summed E-state index contributed by atoms with van der Waals surface area (Å²) in [6, 6.07) is 5.43. The second-order valence-electron chi connectivity index (χ2n) is 9.78. The van der Waals surface area contributed by atoms with Crippen molar-refractivity contribution in [3.63, 3.8) is 0 Å². The van der Waals surface area contributed by atoms with Gasteiger partial charge in [-0.15, -0.1) is 0 Å². The van der Waals surface area contributed by atoms with Crippen molar-refractivity contribution in [3.8, 4) is 0 Å². The van der Waals surface area contributed by atoms with Gasteiger partial charge in [0.25, 0.3) is 5.91 Å². The Labute approximate surface area is 195 Å². The van der Waals surface area contributed by atoms with Crippen LogP contribution in [0.2, 0.25) is 0 Å². The molecule has 0 N–H and O–H groups in total. The first-order valence-corrected chi connectivity index (χ1v) is 12.5. The Bertz CT molecular complexity index is 1020. The summed E-state index contributed by atoms with van der Waals surface area (Å²) in [6.07, 6.45) is 11.0. The molecule has 2 aromatic rings. The summed E-state index contributed by atoms with van der Waals surface area (Å²) in [4.78, 5) is 43.8. The van der Waals surface area contributed by atoms with E-state index in [0.29, 0.717) is 24.6 Å². The predicted octanol–water partition coefficient (Wildman–Crippen LogP) is 4.06. The van der Waals surface area contributed by atoms with E-state index in [1.54, 1.807) is 12.3 Å². The zero-order chi connectivity index (χ0) is 22.8. The Morgan fingerprint density at radius 1 is 1.06 bits per heavy atom. The van der Waals surface area contributed by atoms with Gasteiger partial charge in [-0.05, 0) is 57.1 Å². The number of hydrogen-bond donors (Lipinski definition) is 0. The molecule has 3 aliphatic rings. The number of rotatable bonds is 4. The Balaban J connectivity index is 1.39. The number of aromatic nitrogens is 3. The molecule has 0 unspecified atom stereocenters. The summed E-state index contributed by atoms with van der Waals surface area (Å²) < 4.78 is 0. The van der Waals surface area contributed by atoms with E-state index < -0.39 is 0 Å². The first kappa shape index (κ1) is 22.0. The van der Waals surface area contributed by atoms with Crippen molar-refractivity contribution in [2.45, 2.75) is 70.6 Å². The molecule has 1 saturated heterocycles. The number of nitrogens with zero attached hydrogens (tertiary/aromatic N) is 5. The molecule has 174 valence electrons. The largest absolute Gasteiger partial charge is 0.337 e. The van der Waals surface area contributed by atoms with E-state index in [9.17, 15) is 9.59 Å². The molecule has 0 bridgehead atoms. The van der Waals surface area contributed by atoms with Gasteiger partial charge < -0.3 is 4.90 Å². The normalized spacial score (nSPS) is 21.7. The fourth-order valence-electron chi connectivity index (χ4n) is 5.63. The van der Waals surface area contributed by atoms with Gasteiger partial charge in [-0.2, -0.15) is 0 Å². The molecular weight excluding hydrogens is 414 g/mol. The molecule has 1 aliphatic carbocycles. The maximum Gasteiger partial charge on any atom is 0.272 e. The third-order valence-corrected chi connectivity index (χ3v) is 7.48. The van der Waals surface area contributed by atoms with E-state index >= 15 is 0 Å². The van der Waals surface area contributed by atoms with Crippen molar-refractivity contribution in [1.29, 1.82) is 0 Å². The van der Waals surface area contributed by atoms with Gasteiger partial charge in [-0.3, -0.25) is 19.5 Å². The van der Waals surface area contributed by atoms with Crippen LogP contribution in [0.1, 0.15) is 84.9 Å². The lowest BCUT2D eigenvalue weighted by Crippen LogP contribution is -2.42. The first-order chi connectivity index (χ1) is 16.1. The van der Waals surface area contributed by atoms with Crippen molar-refractivity contribution in [2.75, 3.05) is 24.5 Å². The quantitative estimate of drug-likeness (QED) is 0.706. The lowest BCUT2D eigenvalue weighted by Gasteiger charge is -2.35. The Morgan fingerprint density at radius 3 is 2.70 bits per heavy atom. The lowest BCUT2D eigenvalue weighted by molar-refractivity contribution is -0.119. The van der Waals surface area contributed by atoms with E-state index in [0.717, 1.165) is 55.3 Å². The Hall–Kier alpha value is -2.83. The molecule has 2 aliphatic heterocycles. The maximum absolute atomic E-state index is 13.0. The maximum atomic E-state index is 13.0. The number of anilines is 1. The predicted molar refractivity (Wildman–Crippen MR) is 126 cm³/mol. The number of pyridine rings is 1. The number of carbonyl (C=O) groups is 2. The Kier molecular flexibility index (Phi) is 6.38. The number of amides is 2. The topological polar surface area (TPSA) is 79.3 Å². The van der Waals surface area contributed by atoms with Crippen LogP contribution < -0.4 is 4.90 Å². The number of hydrogen-bond acceptors (Lipinski definition) is 5. The summed E-state index contributed by atoms with van der Waals surface area (Å²) in [5, 5.41) is 0. The van der Waals surface area contributed by atoms with Crippen LogP contribution in [0.5, 0.6) is 0 Å². The van der Waals surface area contributed by atoms with Gasteiger partial charge in [0.1, 0.15) is 17.3 Å². The van der Waals surface area contributed by atoms with Crippen molar-refractivity contribution in [1.82, 2.24) is 19.9 Å². The molecule has 0 radical (unpaired) electrons. The van der Waals surface area contributed by atoms with Crippen LogP contribution in [-0.2, 0) is 11.2 Å². The van der Waals surface area contributed by atoms with Gasteiger partial charge in [-0.1, -0.05) is 25.3 Å². The highest BCUT2D eigenvalue weighted by Crippen LogP contribution is 2.34. The van der Waals surface area contributed by atoms with Crippen LogP contribution in [0.3, 0.4) is 0 Å². The minimum atomic E-state index is -0.0379. The minimum absolute atomic E-state index is 0.0379. The second-order valence-corrected chi connectivity index (χ2v) is 9.78. The minimum Gasteiger partial charge on any atom is -0.337 e. The summed E-state index contributed by atoms with van der Waals surface area (Å²) >= 11 is 0. The third kappa shape index (κ3) is 4.63. The highest BCUT2D eigenvalue weighted by atomic mass is 16.2. The van der Waals surface area contributed by atoms with Gasteiger partial charge in [0, 0.05) is 49.4 Å². The van der Waals surface area contributed by atoms with Gasteiger partial charge in [0.05, 0.1) is 0 Å². The molecule has 5 rings (SSSR count). The smallest absolute Gasteiger partial charge is 0.272 e. The average molecular weight is 448 g/mol. The van der Waals surface area contributed by atoms with Gasteiger partial charge in [0.2, 0.25) is 5.91 Å². The molecule has 2 amide bonds. The van der Waals surface area contributed by atoms with Crippen molar-refractivity contribution < 1.29 is 9.59 Å². The van der Waals surface area contributed by atoms with Gasteiger partial charge >= 0.3 is 0 Å². The van der Waals surface area contributed by atoms with Crippen molar-refractivity contribution in [3.05, 3.63) is 47.2 Å². The standard InChI is InChI=1S/C26H33N5O2/c1-18-21-12-13-23(32)31(16-19-8-3-2-4-9-19)25(21)29-24(28-18)20-10-7-15-30(17-20)26(33)22-11-5-6-14-27-22/h5-6,11,14,19-20H,2-4,7-10,12-13,15-17H2,1H3/t20-/m1/s1. The molecule has 1 saturated carbocycles. The molecule has 4 heterocycles. The fourth-order valence-corrected chi connectivity index (χ4v) is 5.63. The van der Waals surface area contributed by atoms with E-state index in [1.165, 1.54) is 32.1 Å². The molecule has 7 heteroatoms. The second kappa shape index (κ2) is 9.57. The number of aryl methyl sites for hydroxylation is 1. The van der Waals surface area contributed by atoms with E-state index in [-0.39, 0.29) is 17.7 Å². The summed E-state index contributed by atoms with van der Waals surface area (Å²) in [7, 11) is 0. The number of carbonyl (C=O) groups excluding carboxylic acids is 2. The van der Waals surface area contributed by atoms with Crippen LogP contribution in [-0.4, -0.2) is 51.3 Å². The van der Waals surface area contributed by atoms with Crippen LogP contribution in [0.25, 0.3) is 0 Å². The van der Waals surface area contributed by atoms with Crippen molar-refractivity contribution >= 4 is 17.6 Å². The molecule has 7 nitrogen and oxygen atoms in total. The highest BCUT2D eigenvalue weighted by molar-refractivity contribution is 5.95. The Morgan fingerprint density at radius 2 is 1.91 bits per heavy atom. The van der Waals surface area contributed by atoms with Crippen molar-refractivity contribution in [2.24, 2.45) is 5.92 Å². The number of piperidine rings is 1. The van der Waals surface area contributed by atoms with Crippen LogP contribution in [0.15, 0.2) is 24.4 Å². The fraction of sp³-hybridized carbons (Fsp3) is 0.577. The molecule has 33 heavy (non-hydrogen) atoms. The summed E-state index contributed by atoms with van der Waals surface area (Å²) in [5.74, 6) is 2.38. The third-order valence-electron chi connectivity index (χ3n) is 7.48. The molecule has 2 aromatic heterocycles. The molecule has 0 aromatic carbocycles. The summed E-state index contributed by atoms with van der Waals surface area (Å²) in [5.41, 5.74) is 2.57. The lowest BCUT2D eigenvalue weighted by atomic mass is 9.88. The van der Waals surface area contributed by atoms with Gasteiger partial charge in [0.15, 0.2) is 0 Å². The van der Waals surface area contributed by atoms with Crippen LogP contribution in [0.4, 0.5) is 5.82 Å². The molecular formula is C26H33N5O2. The summed E-state index contributed by atoms with van der Waals surface area (Å²) in [6.45, 7) is 4.13. The average Bonchev–Trinajstić information content (AvgIpc) is 2.86. The molecule has 2 fully saturated rings. The highest BCUT2D eigenvalue weighted by Gasteiger charge is 2.33. The van der Waals surface area contributed by atoms with Crippen LogP contribution in [0, 0.1) is 12.8 Å². The van der Waals surface area contributed by atoms with Gasteiger partial charge in [-0.25, -0.2) is 9.97 Å². The van der Waals surface area contributed by atoms with E-state index in [4.69, 9.17) is 9.97 Å². The monoisotopic (exact) mass is 447 g/mol. The zero-order valence-electron chi connectivity index (χ0n) is 19.5. The van der Waals surface area contributed by atoms with Crippen LogP contribution >= 0.6 is 0 Å². The zero-order valence-corrected chi connectivity index (χ0v) is 19.5. The molecule has 1 atom stereocenters. The SMILES string of the molecule is Cc1nc([C@@H]2CCCN(C(=O)c3ccccn3)C2)nc2c1CCC(=O)N2CC1CCCCC1. The van der Waals surface area contributed by atoms with E-state index in [2.05, 4.69) is 4.98 Å². The molecule has 0 spiro atoms. The number of fused-ring (bicyclic) bond motifs is 1. The number of likely N-dealkylation sites (tertiary alicyclic amines) is 1. The van der Waals surface area contributed by atoms with E-state index in [1.807, 2.05) is 28.9 Å². The first-order valence-electron chi connectivity index (χ1n) is 12.5.